The molecule has 0 spiro atoms. The average molecular weight is 328 g/mol. The van der Waals surface area contributed by atoms with E-state index in [-0.39, 0.29) is 17.8 Å². The van der Waals surface area contributed by atoms with Crippen molar-refractivity contribution < 1.29 is 9.18 Å². The molecule has 0 N–H and O–H groups in total. The molecule has 0 unspecified atom stereocenters. The summed E-state index contributed by atoms with van der Waals surface area (Å²) in [6.07, 6.45) is 0. The molecule has 3 aromatic rings. The topological polar surface area (TPSA) is 33.2 Å². The van der Waals surface area contributed by atoms with Gasteiger partial charge in [0.25, 0.3) is 5.91 Å². The third-order valence-electron chi connectivity index (χ3n) is 3.99. The van der Waals surface area contributed by atoms with Crippen molar-refractivity contribution in [2.45, 2.75) is 19.9 Å². The summed E-state index contributed by atoms with van der Waals surface area (Å²) >= 11 is 1.57. The van der Waals surface area contributed by atoms with Crippen molar-refractivity contribution >= 4 is 27.5 Å². The molecule has 0 aliphatic heterocycles. The van der Waals surface area contributed by atoms with Crippen LogP contribution in [-0.2, 0) is 0 Å². The largest absolute Gasteiger partial charge is 0.333 e. The number of rotatable bonds is 3. The highest BCUT2D eigenvalue weighted by atomic mass is 32.1. The van der Waals surface area contributed by atoms with Gasteiger partial charge in [-0.05, 0) is 43.7 Å². The molecule has 3 rings (SSSR count). The molecule has 118 valence electrons. The zero-order valence-electron chi connectivity index (χ0n) is 13.2. The lowest BCUT2D eigenvalue weighted by Gasteiger charge is -2.23. The van der Waals surface area contributed by atoms with Gasteiger partial charge in [-0.15, -0.1) is 11.3 Å². The van der Waals surface area contributed by atoms with Gasteiger partial charge in [0.2, 0.25) is 0 Å². The fraction of sp³-hybridized carbons (Fsp3) is 0.222. The Morgan fingerprint density at radius 1 is 1.26 bits per heavy atom. The van der Waals surface area contributed by atoms with E-state index in [1.807, 2.05) is 31.2 Å². The highest BCUT2D eigenvalue weighted by Gasteiger charge is 2.22. The second-order valence-electron chi connectivity index (χ2n) is 5.58. The number of para-hydroxylation sites is 1. The molecule has 2 aromatic carbocycles. The molecule has 0 saturated heterocycles. The highest BCUT2D eigenvalue weighted by Crippen LogP contribution is 2.29. The fourth-order valence-electron chi connectivity index (χ4n) is 2.34. The van der Waals surface area contributed by atoms with Crippen LogP contribution in [0, 0.1) is 12.7 Å². The van der Waals surface area contributed by atoms with Crippen LogP contribution in [0.1, 0.15) is 33.9 Å². The van der Waals surface area contributed by atoms with Gasteiger partial charge in [-0.25, -0.2) is 9.37 Å². The zero-order valence-corrected chi connectivity index (χ0v) is 14.0. The maximum absolute atomic E-state index is 13.7. The quantitative estimate of drug-likeness (QED) is 0.705. The van der Waals surface area contributed by atoms with E-state index in [1.54, 1.807) is 42.3 Å². The van der Waals surface area contributed by atoms with Crippen LogP contribution in [0.25, 0.3) is 10.2 Å². The van der Waals surface area contributed by atoms with Crippen molar-refractivity contribution in [2.75, 3.05) is 7.05 Å². The Morgan fingerprint density at radius 3 is 2.70 bits per heavy atom. The molecule has 1 heterocycles. The van der Waals surface area contributed by atoms with Gasteiger partial charge in [0.05, 0.1) is 16.3 Å². The molecule has 1 amide bonds. The lowest BCUT2D eigenvalue weighted by molar-refractivity contribution is 0.0742. The number of hydrogen-bond donors (Lipinski definition) is 0. The van der Waals surface area contributed by atoms with Crippen LogP contribution in [0.5, 0.6) is 0 Å². The van der Waals surface area contributed by atoms with Crippen molar-refractivity contribution in [3.63, 3.8) is 0 Å². The fourth-order valence-corrected chi connectivity index (χ4v) is 3.40. The zero-order chi connectivity index (χ0) is 16.6. The van der Waals surface area contributed by atoms with Crippen LogP contribution in [0.4, 0.5) is 4.39 Å². The predicted molar refractivity (Wildman–Crippen MR) is 91.3 cm³/mol. The van der Waals surface area contributed by atoms with Gasteiger partial charge in [-0.2, -0.15) is 0 Å². The molecule has 1 aromatic heterocycles. The second-order valence-corrected chi connectivity index (χ2v) is 6.64. The average Bonchev–Trinajstić information content (AvgIpc) is 2.99. The number of hydrogen-bond acceptors (Lipinski definition) is 3. The van der Waals surface area contributed by atoms with Crippen LogP contribution in [0.15, 0.2) is 42.5 Å². The van der Waals surface area contributed by atoms with Gasteiger partial charge in [-0.1, -0.05) is 18.2 Å². The number of carbonyl (C=O) groups excluding carboxylic acids is 1. The Balaban J connectivity index is 1.87. The number of thiazole rings is 1. The molecule has 5 heteroatoms. The third kappa shape index (κ3) is 2.97. The van der Waals surface area contributed by atoms with Crippen LogP contribution in [-0.4, -0.2) is 22.8 Å². The summed E-state index contributed by atoms with van der Waals surface area (Å²) in [4.78, 5) is 18.8. The Morgan fingerprint density at radius 2 is 2.00 bits per heavy atom. The van der Waals surface area contributed by atoms with Crippen LogP contribution in [0.2, 0.25) is 0 Å². The lowest BCUT2D eigenvalue weighted by Crippen LogP contribution is -2.29. The standard InChI is InChI=1S/C18H17FN2OS/c1-11-8-9-13(10-14(11)19)18(22)21(3)12(2)17-20-15-6-4-5-7-16(15)23-17/h4-10,12H,1-3H3/t12-/m0/s1. The number of aryl methyl sites for hydroxylation is 1. The minimum Gasteiger partial charge on any atom is -0.333 e. The summed E-state index contributed by atoms with van der Waals surface area (Å²) in [5, 5.41) is 0.870. The molecule has 0 aliphatic carbocycles. The first kappa shape index (κ1) is 15.6. The maximum atomic E-state index is 13.7. The van der Waals surface area contributed by atoms with Gasteiger partial charge < -0.3 is 4.90 Å². The van der Waals surface area contributed by atoms with Crippen LogP contribution in [0.3, 0.4) is 0 Å². The number of carbonyl (C=O) groups is 1. The van der Waals surface area contributed by atoms with Gasteiger partial charge in [0.1, 0.15) is 10.8 Å². The summed E-state index contributed by atoms with van der Waals surface area (Å²) in [7, 11) is 1.72. The number of halogens is 1. The number of amides is 1. The van der Waals surface area contributed by atoms with Crippen molar-refractivity contribution in [3.8, 4) is 0 Å². The Kier molecular flexibility index (Phi) is 4.13. The molecule has 0 radical (unpaired) electrons. The van der Waals surface area contributed by atoms with E-state index in [2.05, 4.69) is 4.98 Å². The van der Waals surface area contributed by atoms with E-state index in [4.69, 9.17) is 0 Å². The highest BCUT2D eigenvalue weighted by molar-refractivity contribution is 7.18. The molecule has 0 aliphatic rings. The molecule has 1 atom stereocenters. The molecule has 0 saturated carbocycles. The molecule has 3 nitrogen and oxygen atoms in total. The first-order chi connectivity index (χ1) is 11.0. The SMILES string of the molecule is Cc1ccc(C(=O)N(C)[C@@H](C)c2nc3ccccc3s2)cc1F. The Bertz CT molecular complexity index is 841. The van der Waals surface area contributed by atoms with Crippen molar-refractivity contribution in [1.29, 1.82) is 0 Å². The number of nitrogens with zero attached hydrogens (tertiary/aromatic N) is 2. The molecular weight excluding hydrogens is 311 g/mol. The normalized spacial score (nSPS) is 12.3. The van der Waals surface area contributed by atoms with E-state index in [0.717, 1.165) is 15.2 Å². The van der Waals surface area contributed by atoms with E-state index in [9.17, 15) is 9.18 Å². The minimum absolute atomic E-state index is 0.177. The summed E-state index contributed by atoms with van der Waals surface area (Å²) in [5.41, 5.74) is 1.81. The first-order valence-corrected chi connectivity index (χ1v) is 8.18. The number of aromatic nitrogens is 1. The smallest absolute Gasteiger partial charge is 0.254 e. The summed E-state index contributed by atoms with van der Waals surface area (Å²) in [6, 6.07) is 12.3. The van der Waals surface area contributed by atoms with E-state index < -0.39 is 0 Å². The van der Waals surface area contributed by atoms with Crippen molar-refractivity contribution in [1.82, 2.24) is 9.88 Å². The summed E-state index contributed by atoms with van der Waals surface area (Å²) in [6.45, 7) is 3.61. The van der Waals surface area contributed by atoms with Gasteiger partial charge >= 0.3 is 0 Å². The minimum atomic E-state index is -0.364. The molecule has 0 bridgehead atoms. The summed E-state index contributed by atoms with van der Waals surface area (Å²) in [5.74, 6) is -0.576. The molecule has 0 fully saturated rings. The second kappa shape index (κ2) is 6.08. The predicted octanol–water partition coefficient (Wildman–Crippen LogP) is 4.58. The van der Waals surface area contributed by atoms with E-state index >= 15 is 0 Å². The van der Waals surface area contributed by atoms with Crippen molar-refractivity contribution in [3.05, 3.63) is 64.4 Å². The molecule has 23 heavy (non-hydrogen) atoms. The molecular formula is C18H17FN2OS. The first-order valence-electron chi connectivity index (χ1n) is 7.36. The van der Waals surface area contributed by atoms with Crippen LogP contribution >= 0.6 is 11.3 Å². The van der Waals surface area contributed by atoms with Crippen LogP contribution < -0.4 is 0 Å². The number of benzene rings is 2. The summed E-state index contributed by atoms with van der Waals surface area (Å²) < 4.78 is 14.8. The Labute approximate surface area is 138 Å². The maximum Gasteiger partial charge on any atom is 0.254 e. The third-order valence-corrected chi connectivity index (χ3v) is 5.19. The van der Waals surface area contributed by atoms with E-state index in [0.29, 0.717) is 11.1 Å². The van der Waals surface area contributed by atoms with Gasteiger partial charge in [0.15, 0.2) is 0 Å². The lowest BCUT2D eigenvalue weighted by atomic mass is 10.1. The number of fused-ring (bicyclic) bond motifs is 1. The van der Waals surface area contributed by atoms with Crippen molar-refractivity contribution in [2.24, 2.45) is 0 Å². The Hall–Kier alpha value is -2.27. The van der Waals surface area contributed by atoms with Gasteiger partial charge in [-0.3, -0.25) is 4.79 Å². The van der Waals surface area contributed by atoms with E-state index in [1.165, 1.54) is 6.07 Å². The monoisotopic (exact) mass is 328 g/mol. The van der Waals surface area contributed by atoms with Gasteiger partial charge in [0, 0.05) is 12.6 Å².